The Balaban J connectivity index is 2.68. The fourth-order valence-electron chi connectivity index (χ4n) is 2.04. The Morgan fingerprint density at radius 2 is 1.73 bits per heavy atom. The van der Waals surface area contributed by atoms with E-state index < -0.39 is 16.0 Å². The lowest BCUT2D eigenvalue weighted by molar-refractivity contribution is 0.0696. The number of aromatic carboxylic acids is 1. The lowest BCUT2D eigenvalue weighted by Crippen LogP contribution is -2.24. The smallest absolute Gasteiger partial charge is 0.335 e. The van der Waals surface area contributed by atoms with E-state index in [2.05, 4.69) is 0 Å². The summed E-state index contributed by atoms with van der Waals surface area (Å²) in [7, 11) is -3.61. The standard InChI is InChI=1S/C15H15NO4S2/c1-21-14-9-11(15(17)18)8-13(10-14)16(22(2,19)20)12-6-4-3-5-7-12/h3-10H,1-2H3,(H,17,18). The zero-order valence-corrected chi connectivity index (χ0v) is 13.7. The van der Waals surface area contributed by atoms with Gasteiger partial charge in [-0.25, -0.2) is 17.5 Å². The quantitative estimate of drug-likeness (QED) is 0.848. The molecule has 2 rings (SSSR count). The van der Waals surface area contributed by atoms with Crippen LogP contribution in [0.2, 0.25) is 0 Å². The summed E-state index contributed by atoms with van der Waals surface area (Å²) >= 11 is 1.35. The van der Waals surface area contributed by atoms with Crippen LogP contribution in [-0.4, -0.2) is 32.0 Å². The zero-order chi connectivity index (χ0) is 16.3. The first kappa shape index (κ1) is 16.4. The second-order valence-electron chi connectivity index (χ2n) is 4.59. The highest BCUT2D eigenvalue weighted by Crippen LogP contribution is 2.32. The molecule has 7 heteroatoms. The topological polar surface area (TPSA) is 74.7 Å². The van der Waals surface area contributed by atoms with Crippen molar-refractivity contribution in [1.29, 1.82) is 0 Å². The summed E-state index contributed by atoms with van der Waals surface area (Å²) in [6.45, 7) is 0. The van der Waals surface area contributed by atoms with Gasteiger partial charge in [-0.3, -0.25) is 0 Å². The van der Waals surface area contributed by atoms with Gasteiger partial charge in [-0.15, -0.1) is 11.8 Å². The van der Waals surface area contributed by atoms with Gasteiger partial charge in [-0.1, -0.05) is 18.2 Å². The molecule has 0 aliphatic rings. The van der Waals surface area contributed by atoms with Crippen molar-refractivity contribution in [2.24, 2.45) is 0 Å². The number of anilines is 2. The van der Waals surface area contributed by atoms with Gasteiger partial charge in [-0.05, 0) is 36.6 Å². The molecule has 0 heterocycles. The van der Waals surface area contributed by atoms with Gasteiger partial charge in [0.05, 0.1) is 23.2 Å². The number of carbonyl (C=O) groups is 1. The minimum atomic E-state index is -3.61. The molecule has 0 saturated heterocycles. The summed E-state index contributed by atoms with van der Waals surface area (Å²) < 4.78 is 25.5. The molecule has 0 atom stereocenters. The highest BCUT2D eigenvalue weighted by molar-refractivity contribution is 7.98. The van der Waals surface area contributed by atoms with Crippen molar-refractivity contribution in [3.05, 3.63) is 54.1 Å². The molecule has 2 aromatic carbocycles. The maximum absolute atomic E-state index is 12.2. The maximum atomic E-state index is 12.2. The van der Waals surface area contributed by atoms with Crippen LogP contribution in [0.4, 0.5) is 11.4 Å². The second-order valence-corrected chi connectivity index (χ2v) is 7.30. The molecule has 0 aliphatic heterocycles. The number of carboxylic acid groups (broad SMARTS) is 1. The predicted octanol–water partition coefficient (Wildman–Crippen LogP) is 3.20. The molecule has 0 saturated carbocycles. The molecule has 0 spiro atoms. The van der Waals surface area contributed by atoms with Crippen LogP contribution in [0.15, 0.2) is 53.4 Å². The van der Waals surface area contributed by atoms with Gasteiger partial charge in [-0.2, -0.15) is 0 Å². The van der Waals surface area contributed by atoms with Crippen molar-refractivity contribution in [2.75, 3.05) is 16.8 Å². The molecule has 116 valence electrons. The SMILES string of the molecule is CSc1cc(C(=O)O)cc(N(c2ccccc2)S(C)(=O)=O)c1. The number of thioether (sulfide) groups is 1. The molecular weight excluding hydrogens is 322 g/mol. The number of para-hydroxylation sites is 1. The summed E-state index contributed by atoms with van der Waals surface area (Å²) in [5.74, 6) is -1.10. The number of hydrogen-bond acceptors (Lipinski definition) is 4. The number of rotatable bonds is 5. The van der Waals surface area contributed by atoms with E-state index in [9.17, 15) is 18.3 Å². The molecule has 0 bridgehead atoms. The minimum absolute atomic E-state index is 0.0476. The molecular formula is C15H15NO4S2. The number of sulfonamides is 1. The fourth-order valence-corrected chi connectivity index (χ4v) is 3.51. The van der Waals surface area contributed by atoms with Crippen LogP contribution < -0.4 is 4.31 Å². The third kappa shape index (κ3) is 3.61. The number of nitrogens with zero attached hydrogens (tertiary/aromatic N) is 1. The summed E-state index contributed by atoms with van der Waals surface area (Å²) in [6, 6.07) is 13.1. The van der Waals surface area contributed by atoms with Crippen molar-refractivity contribution in [2.45, 2.75) is 4.90 Å². The van der Waals surface area contributed by atoms with Gasteiger partial charge in [0.15, 0.2) is 0 Å². The van der Waals surface area contributed by atoms with Gasteiger partial charge < -0.3 is 5.11 Å². The Kier molecular flexibility index (Phi) is 4.77. The molecule has 22 heavy (non-hydrogen) atoms. The minimum Gasteiger partial charge on any atom is -0.478 e. The molecule has 2 aromatic rings. The number of carboxylic acids is 1. The molecule has 0 radical (unpaired) electrons. The Hall–Kier alpha value is -1.99. The normalized spacial score (nSPS) is 11.2. The lowest BCUT2D eigenvalue weighted by atomic mass is 10.2. The molecule has 1 N–H and O–H groups in total. The van der Waals surface area contributed by atoms with Crippen LogP contribution in [0.3, 0.4) is 0 Å². The average Bonchev–Trinajstić information content (AvgIpc) is 2.46. The summed E-state index contributed by atoms with van der Waals surface area (Å²) in [4.78, 5) is 11.9. The molecule has 5 nitrogen and oxygen atoms in total. The van der Waals surface area contributed by atoms with Crippen molar-refractivity contribution in [1.82, 2.24) is 0 Å². The van der Waals surface area contributed by atoms with E-state index in [0.717, 1.165) is 10.6 Å². The first-order valence-corrected chi connectivity index (χ1v) is 9.38. The van der Waals surface area contributed by atoms with Crippen LogP contribution in [-0.2, 0) is 10.0 Å². The Morgan fingerprint density at radius 3 is 2.23 bits per heavy atom. The highest BCUT2D eigenvalue weighted by Gasteiger charge is 2.21. The monoisotopic (exact) mass is 337 g/mol. The van der Waals surface area contributed by atoms with Crippen LogP contribution in [0.1, 0.15) is 10.4 Å². The molecule has 0 aliphatic carbocycles. The number of benzene rings is 2. The van der Waals surface area contributed by atoms with Crippen LogP contribution >= 0.6 is 11.8 Å². The third-order valence-corrected chi connectivity index (χ3v) is 4.72. The molecule has 0 unspecified atom stereocenters. The van der Waals surface area contributed by atoms with Crippen LogP contribution in [0, 0.1) is 0 Å². The average molecular weight is 337 g/mol. The molecule has 0 fully saturated rings. The van der Waals surface area contributed by atoms with Crippen molar-refractivity contribution in [3.8, 4) is 0 Å². The first-order valence-electron chi connectivity index (χ1n) is 6.30. The Morgan fingerprint density at radius 1 is 1.09 bits per heavy atom. The maximum Gasteiger partial charge on any atom is 0.335 e. The van der Waals surface area contributed by atoms with Crippen molar-refractivity contribution >= 4 is 39.1 Å². The van der Waals surface area contributed by atoms with E-state index in [4.69, 9.17) is 0 Å². The Bertz CT molecular complexity index is 788. The van der Waals surface area contributed by atoms with Crippen molar-refractivity contribution in [3.63, 3.8) is 0 Å². The van der Waals surface area contributed by atoms with Gasteiger partial charge in [0, 0.05) is 4.90 Å². The van der Waals surface area contributed by atoms with E-state index in [1.54, 1.807) is 42.7 Å². The highest BCUT2D eigenvalue weighted by atomic mass is 32.2. The van der Waals surface area contributed by atoms with E-state index in [-0.39, 0.29) is 5.56 Å². The third-order valence-electron chi connectivity index (χ3n) is 2.93. The summed E-state index contributed by atoms with van der Waals surface area (Å²) in [5, 5.41) is 9.21. The van der Waals surface area contributed by atoms with Crippen LogP contribution in [0.5, 0.6) is 0 Å². The lowest BCUT2D eigenvalue weighted by Gasteiger charge is -2.23. The molecule has 0 amide bonds. The van der Waals surface area contributed by atoms with Crippen molar-refractivity contribution < 1.29 is 18.3 Å². The summed E-state index contributed by atoms with van der Waals surface area (Å²) in [5.41, 5.74) is 0.809. The van der Waals surface area contributed by atoms with Gasteiger partial charge in [0.1, 0.15) is 0 Å². The second kappa shape index (κ2) is 6.41. The van der Waals surface area contributed by atoms with E-state index in [0.29, 0.717) is 16.3 Å². The van der Waals surface area contributed by atoms with E-state index >= 15 is 0 Å². The van der Waals surface area contributed by atoms with Gasteiger partial charge >= 0.3 is 5.97 Å². The summed E-state index contributed by atoms with van der Waals surface area (Å²) in [6.07, 6.45) is 2.89. The fraction of sp³-hybridized carbons (Fsp3) is 0.133. The number of hydrogen-bond donors (Lipinski definition) is 1. The largest absolute Gasteiger partial charge is 0.478 e. The Labute approximate surface area is 133 Å². The van der Waals surface area contributed by atoms with E-state index in [1.165, 1.54) is 23.9 Å². The van der Waals surface area contributed by atoms with E-state index in [1.807, 2.05) is 0 Å². The van der Waals surface area contributed by atoms with Gasteiger partial charge in [0.2, 0.25) is 10.0 Å². The first-order chi connectivity index (χ1) is 10.3. The van der Waals surface area contributed by atoms with Crippen LogP contribution in [0.25, 0.3) is 0 Å². The predicted molar refractivity (Wildman–Crippen MR) is 88.6 cm³/mol. The van der Waals surface area contributed by atoms with Gasteiger partial charge in [0.25, 0.3) is 0 Å². The zero-order valence-electron chi connectivity index (χ0n) is 12.1. The molecule has 0 aromatic heterocycles.